The normalized spacial score (nSPS) is 12.5. The second-order valence-corrected chi connectivity index (χ2v) is 4.05. The number of aromatic hydroxyl groups is 1. The molecule has 14 heavy (non-hydrogen) atoms. The summed E-state index contributed by atoms with van der Waals surface area (Å²) in [6, 6.07) is 3.85. The molecule has 4 N–H and O–H groups in total. The van der Waals surface area contributed by atoms with E-state index in [0.29, 0.717) is 0 Å². The van der Waals surface area contributed by atoms with Crippen molar-refractivity contribution in [2.24, 2.45) is 5.73 Å². The zero-order valence-corrected chi connectivity index (χ0v) is 9.36. The topological polar surface area (TPSA) is 83.5 Å². The van der Waals surface area contributed by atoms with Crippen molar-refractivity contribution in [1.82, 2.24) is 0 Å². The molecule has 0 fully saturated rings. The summed E-state index contributed by atoms with van der Waals surface area (Å²) in [7, 11) is 0. The van der Waals surface area contributed by atoms with Gasteiger partial charge in [-0.15, -0.1) is 0 Å². The van der Waals surface area contributed by atoms with Crippen LogP contribution in [-0.4, -0.2) is 22.2 Å². The number of aliphatic carboxylic acids is 1. The predicted octanol–water partition coefficient (Wildman–Crippen LogP) is -0.481. The average Bonchev–Trinajstić information content (AvgIpc) is 2.09. The Morgan fingerprint density at radius 2 is 2.21 bits per heavy atom. The third kappa shape index (κ3) is 2.85. The summed E-state index contributed by atoms with van der Waals surface area (Å²) >= 11 is 2.23. The number of phenolic OH excluding ortho intramolecular Hbond substituents is 1. The van der Waals surface area contributed by atoms with Crippen LogP contribution in [0.3, 0.4) is 0 Å². The molecule has 0 bridgehead atoms. The fourth-order valence-corrected chi connectivity index (χ4v) is 1.72. The Morgan fingerprint density at radius 3 is 2.71 bits per heavy atom. The molecular formula is C9H10AuNO3. The monoisotopic (exact) mass is 377 g/mol. The van der Waals surface area contributed by atoms with Gasteiger partial charge in [-0.2, -0.15) is 0 Å². The molecule has 0 radical (unpaired) electrons. The van der Waals surface area contributed by atoms with Gasteiger partial charge in [0.1, 0.15) is 0 Å². The number of hydrogen-bond donors (Lipinski definition) is 3. The van der Waals surface area contributed by atoms with Gasteiger partial charge < -0.3 is 0 Å². The molecule has 0 aliphatic heterocycles. The van der Waals surface area contributed by atoms with E-state index in [-0.39, 0.29) is 12.2 Å². The minimum absolute atomic E-state index is 0.162. The number of hydrogen-bond acceptors (Lipinski definition) is 3. The van der Waals surface area contributed by atoms with E-state index in [1.165, 1.54) is 6.07 Å². The van der Waals surface area contributed by atoms with Crippen LogP contribution in [0.1, 0.15) is 5.56 Å². The molecule has 0 saturated heterocycles. The molecule has 1 aromatic rings. The Balaban J connectivity index is 2.82. The van der Waals surface area contributed by atoms with Crippen LogP contribution < -0.4 is 9.52 Å². The van der Waals surface area contributed by atoms with Gasteiger partial charge in [0.05, 0.1) is 0 Å². The SMILES string of the molecule is N[C@@H](Cc1ccc(O)c[c]1[Au])C(=O)O. The van der Waals surface area contributed by atoms with Gasteiger partial charge in [-0.3, -0.25) is 0 Å². The molecule has 0 aliphatic rings. The van der Waals surface area contributed by atoms with E-state index in [0.717, 1.165) is 9.34 Å². The molecule has 0 spiro atoms. The Bertz CT molecular complexity index is 354. The first kappa shape index (κ1) is 11.3. The number of rotatable bonds is 3. The molecule has 1 atom stereocenters. The first-order chi connectivity index (χ1) is 6.50. The van der Waals surface area contributed by atoms with Crippen molar-refractivity contribution in [2.75, 3.05) is 0 Å². The van der Waals surface area contributed by atoms with E-state index in [1.807, 2.05) is 0 Å². The van der Waals surface area contributed by atoms with Crippen LogP contribution >= 0.6 is 0 Å². The zero-order valence-electron chi connectivity index (χ0n) is 7.20. The molecule has 1 rings (SSSR count). The van der Waals surface area contributed by atoms with Gasteiger partial charge >= 0.3 is 93.5 Å². The average molecular weight is 377 g/mol. The van der Waals surface area contributed by atoms with Crippen LogP contribution in [0.15, 0.2) is 18.2 Å². The van der Waals surface area contributed by atoms with Crippen LogP contribution in [-0.2, 0) is 32.3 Å². The molecule has 4 nitrogen and oxygen atoms in total. The number of nitrogens with two attached hydrogens (primary N) is 1. The molecule has 0 saturated carbocycles. The van der Waals surface area contributed by atoms with Crippen LogP contribution in [0.5, 0.6) is 5.75 Å². The number of benzene rings is 1. The second kappa shape index (κ2) is 4.61. The molecule has 0 unspecified atom stereocenters. The summed E-state index contributed by atoms with van der Waals surface area (Å²) in [5.41, 5.74) is 6.21. The Hall–Kier alpha value is -0.810. The number of carboxylic acids is 1. The molecule has 1 aromatic carbocycles. The van der Waals surface area contributed by atoms with E-state index < -0.39 is 12.0 Å². The Kier molecular flexibility index (Phi) is 3.71. The van der Waals surface area contributed by atoms with Crippen LogP contribution in [0.2, 0.25) is 0 Å². The fourth-order valence-electron chi connectivity index (χ4n) is 1.00. The van der Waals surface area contributed by atoms with Gasteiger partial charge in [0, 0.05) is 0 Å². The minimum atomic E-state index is -1.02. The van der Waals surface area contributed by atoms with Gasteiger partial charge in [0.25, 0.3) is 0 Å². The Labute approximate surface area is 93.7 Å². The van der Waals surface area contributed by atoms with E-state index >= 15 is 0 Å². The van der Waals surface area contributed by atoms with E-state index in [1.54, 1.807) is 12.1 Å². The fraction of sp³-hybridized carbons (Fsp3) is 0.222. The van der Waals surface area contributed by atoms with Crippen molar-refractivity contribution in [2.45, 2.75) is 12.5 Å². The molecule has 5 heteroatoms. The van der Waals surface area contributed by atoms with E-state index in [9.17, 15) is 4.79 Å². The van der Waals surface area contributed by atoms with E-state index in [4.69, 9.17) is 15.9 Å². The summed E-state index contributed by atoms with van der Waals surface area (Å²) in [5.74, 6) is -0.860. The molecule has 0 amide bonds. The number of carboxylic acid groups (broad SMARTS) is 1. The second-order valence-electron chi connectivity index (χ2n) is 2.88. The summed E-state index contributed by atoms with van der Waals surface area (Å²) in [4.78, 5) is 10.5. The van der Waals surface area contributed by atoms with Crippen LogP contribution in [0, 0.1) is 0 Å². The van der Waals surface area contributed by atoms with Crippen molar-refractivity contribution in [3.8, 4) is 5.75 Å². The molecule has 0 heterocycles. The molecule has 0 aromatic heterocycles. The van der Waals surface area contributed by atoms with Gasteiger partial charge in [-0.1, -0.05) is 0 Å². The van der Waals surface area contributed by atoms with Gasteiger partial charge in [-0.25, -0.2) is 0 Å². The van der Waals surface area contributed by atoms with Crippen LogP contribution in [0.4, 0.5) is 0 Å². The van der Waals surface area contributed by atoms with Crippen LogP contribution in [0.25, 0.3) is 0 Å². The summed E-state index contributed by atoms with van der Waals surface area (Å²) in [5, 5.41) is 17.7. The zero-order chi connectivity index (χ0) is 10.7. The quantitative estimate of drug-likeness (QED) is 0.622. The van der Waals surface area contributed by atoms with Gasteiger partial charge in [0.2, 0.25) is 0 Å². The van der Waals surface area contributed by atoms with E-state index in [2.05, 4.69) is 21.1 Å². The van der Waals surface area contributed by atoms with Gasteiger partial charge in [0.15, 0.2) is 0 Å². The third-order valence-corrected chi connectivity index (χ3v) is 2.77. The maximum atomic E-state index is 10.5. The third-order valence-electron chi connectivity index (χ3n) is 1.76. The van der Waals surface area contributed by atoms with Crippen molar-refractivity contribution in [1.29, 1.82) is 0 Å². The van der Waals surface area contributed by atoms with Crippen molar-refractivity contribution in [3.63, 3.8) is 0 Å². The molecule has 80 valence electrons. The molecular weight excluding hydrogens is 367 g/mol. The van der Waals surface area contributed by atoms with Crippen molar-refractivity contribution in [3.05, 3.63) is 23.8 Å². The molecule has 0 aliphatic carbocycles. The Morgan fingerprint density at radius 1 is 1.57 bits per heavy atom. The van der Waals surface area contributed by atoms with Crippen molar-refractivity contribution >= 4 is 9.75 Å². The number of carbonyl (C=O) groups is 1. The maximum absolute atomic E-state index is 10.5. The standard InChI is InChI=1S/C9H10NO3.Au/c10-8(9(12)13)5-6-1-3-7(11)4-2-6;/h1,3-4,8,11H,5,10H2,(H,12,13);/t8-;/m0./s1. The summed E-state index contributed by atoms with van der Waals surface area (Å²) < 4.78 is 0.793. The first-order valence-corrected chi connectivity index (χ1v) is 5.01. The van der Waals surface area contributed by atoms with Crippen molar-refractivity contribution < 1.29 is 36.1 Å². The van der Waals surface area contributed by atoms with Gasteiger partial charge in [-0.05, 0) is 0 Å². The number of phenols is 1. The first-order valence-electron chi connectivity index (χ1n) is 3.92. The summed E-state index contributed by atoms with van der Waals surface area (Å²) in [6.45, 7) is 0. The summed E-state index contributed by atoms with van der Waals surface area (Å²) in [6.07, 6.45) is 0.265. The predicted molar refractivity (Wildman–Crippen MR) is 47.1 cm³/mol.